The van der Waals surface area contributed by atoms with Gasteiger partial charge in [-0.2, -0.15) is 0 Å². The fourth-order valence-corrected chi connectivity index (χ4v) is 3.46. The predicted octanol–water partition coefficient (Wildman–Crippen LogP) is 3.35. The normalized spacial score (nSPS) is 13.2. The van der Waals surface area contributed by atoms with E-state index in [0.717, 1.165) is 12.1 Å². The van der Waals surface area contributed by atoms with Gasteiger partial charge in [0.25, 0.3) is 0 Å². The number of aryl methyl sites for hydroxylation is 2. The SMILES string of the molecule is CCCC(CCC)C(Cc1nc(C)c(C)s1)NN. The summed E-state index contributed by atoms with van der Waals surface area (Å²) in [6, 6.07) is 0.356. The Morgan fingerprint density at radius 1 is 1.22 bits per heavy atom. The van der Waals surface area contributed by atoms with E-state index in [4.69, 9.17) is 5.84 Å². The zero-order chi connectivity index (χ0) is 13.5. The van der Waals surface area contributed by atoms with Crippen LogP contribution in [0.2, 0.25) is 0 Å². The first kappa shape index (κ1) is 15.6. The second-order valence-corrected chi connectivity index (χ2v) is 6.35. The van der Waals surface area contributed by atoms with E-state index >= 15 is 0 Å². The van der Waals surface area contributed by atoms with Crippen LogP contribution in [0.5, 0.6) is 0 Å². The molecule has 0 saturated carbocycles. The molecule has 0 fully saturated rings. The highest BCUT2D eigenvalue weighted by molar-refractivity contribution is 7.11. The lowest BCUT2D eigenvalue weighted by Crippen LogP contribution is -2.42. The molecule has 1 aromatic heterocycles. The molecule has 0 radical (unpaired) electrons. The highest BCUT2D eigenvalue weighted by Gasteiger charge is 2.21. The van der Waals surface area contributed by atoms with Crippen LogP contribution in [0.15, 0.2) is 0 Å². The maximum absolute atomic E-state index is 5.75. The van der Waals surface area contributed by atoms with Crippen molar-refractivity contribution >= 4 is 11.3 Å². The highest BCUT2D eigenvalue weighted by atomic mass is 32.1. The van der Waals surface area contributed by atoms with Gasteiger partial charge in [0.15, 0.2) is 0 Å². The van der Waals surface area contributed by atoms with E-state index in [1.807, 2.05) is 0 Å². The molecule has 1 unspecified atom stereocenters. The monoisotopic (exact) mass is 269 g/mol. The zero-order valence-corrected chi connectivity index (χ0v) is 12.9. The standard InChI is InChI=1S/C14H27N3S/c1-5-7-12(8-6-2)13(17-15)9-14-16-10(3)11(4)18-14/h12-13,17H,5-9,15H2,1-4H3. The molecule has 0 aliphatic heterocycles. The van der Waals surface area contributed by atoms with Gasteiger partial charge in [-0.25, -0.2) is 4.98 Å². The van der Waals surface area contributed by atoms with E-state index in [0.29, 0.717) is 12.0 Å². The molecule has 0 spiro atoms. The van der Waals surface area contributed by atoms with Crippen LogP contribution in [0.1, 0.15) is 55.1 Å². The molecule has 0 amide bonds. The van der Waals surface area contributed by atoms with Gasteiger partial charge in [0.05, 0.1) is 10.7 Å². The molecule has 0 aliphatic carbocycles. The number of hydrogen-bond donors (Lipinski definition) is 2. The van der Waals surface area contributed by atoms with Crippen molar-refractivity contribution in [3.8, 4) is 0 Å². The molecule has 18 heavy (non-hydrogen) atoms. The molecule has 1 atom stereocenters. The summed E-state index contributed by atoms with van der Waals surface area (Å²) in [7, 11) is 0. The van der Waals surface area contributed by atoms with Crippen LogP contribution >= 0.6 is 11.3 Å². The van der Waals surface area contributed by atoms with Crippen LogP contribution < -0.4 is 11.3 Å². The average molecular weight is 269 g/mol. The molecular weight excluding hydrogens is 242 g/mol. The quantitative estimate of drug-likeness (QED) is 0.562. The number of hydrazine groups is 1. The van der Waals surface area contributed by atoms with Crippen LogP contribution in [-0.4, -0.2) is 11.0 Å². The lowest BCUT2D eigenvalue weighted by atomic mass is 9.89. The molecular formula is C14H27N3S. The first-order chi connectivity index (χ1) is 8.62. The maximum Gasteiger partial charge on any atom is 0.0947 e. The first-order valence-corrected chi connectivity index (χ1v) is 7.83. The Hall–Kier alpha value is -0.450. The van der Waals surface area contributed by atoms with Crippen molar-refractivity contribution in [2.75, 3.05) is 0 Å². The minimum absolute atomic E-state index is 0.356. The average Bonchev–Trinajstić information content (AvgIpc) is 2.65. The van der Waals surface area contributed by atoms with Crippen molar-refractivity contribution in [1.29, 1.82) is 0 Å². The molecule has 4 heteroatoms. The van der Waals surface area contributed by atoms with E-state index in [9.17, 15) is 0 Å². The lowest BCUT2D eigenvalue weighted by molar-refractivity contribution is 0.311. The number of nitrogens with zero attached hydrogens (tertiary/aromatic N) is 1. The molecule has 0 aromatic carbocycles. The minimum atomic E-state index is 0.356. The molecule has 3 nitrogen and oxygen atoms in total. The fraction of sp³-hybridized carbons (Fsp3) is 0.786. The Morgan fingerprint density at radius 2 is 1.83 bits per heavy atom. The largest absolute Gasteiger partial charge is 0.271 e. The summed E-state index contributed by atoms with van der Waals surface area (Å²) in [6.07, 6.45) is 5.89. The number of aromatic nitrogens is 1. The van der Waals surface area contributed by atoms with Gasteiger partial charge in [0.1, 0.15) is 0 Å². The smallest absolute Gasteiger partial charge is 0.0947 e. The topological polar surface area (TPSA) is 50.9 Å². The summed E-state index contributed by atoms with van der Waals surface area (Å²) in [6.45, 7) is 8.70. The van der Waals surface area contributed by atoms with Gasteiger partial charge in [0.2, 0.25) is 0 Å². The second kappa shape index (κ2) is 7.87. The summed E-state index contributed by atoms with van der Waals surface area (Å²) >= 11 is 1.80. The van der Waals surface area contributed by atoms with Gasteiger partial charge < -0.3 is 0 Å². The van der Waals surface area contributed by atoms with E-state index in [1.54, 1.807) is 11.3 Å². The molecule has 0 saturated heterocycles. The Kier molecular flexibility index (Phi) is 6.82. The summed E-state index contributed by atoms with van der Waals surface area (Å²) in [5.41, 5.74) is 4.18. The number of nitrogens with one attached hydrogen (secondary N) is 1. The maximum atomic E-state index is 5.75. The fourth-order valence-electron chi connectivity index (χ4n) is 2.46. The molecule has 0 aliphatic rings. The summed E-state index contributed by atoms with van der Waals surface area (Å²) in [4.78, 5) is 5.95. The van der Waals surface area contributed by atoms with Crippen LogP contribution in [0.25, 0.3) is 0 Å². The van der Waals surface area contributed by atoms with Crippen LogP contribution in [0.4, 0.5) is 0 Å². The second-order valence-electron chi connectivity index (χ2n) is 5.06. The van der Waals surface area contributed by atoms with Gasteiger partial charge >= 0.3 is 0 Å². The Morgan fingerprint density at radius 3 is 2.22 bits per heavy atom. The molecule has 104 valence electrons. The van der Waals surface area contributed by atoms with Crippen LogP contribution in [-0.2, 0) is 6.42 Å². The van der Waals surface area contributed by atoms with Crippen LogP contribution in [0.3, 0.4) is 0 Å². The summed E-state index contributed by atoms with van der Waals surface area (Å²) in [5.74, 6) is 6.42. The van der Waals surface area contributed by atoms with Crippen molar-refractivity contribution in [3.05, 3.63) is 15.6 Å². The van der Waals surface area contributed by atoms with Gasteiger partial charge in [-0.1, -0.05) is 26.7 Å². The van der Waals surface area contributed by atoms with Crippen molar-refractivity contribution in [3.63, 3.8) is 0 Å². The van der Waals surface area contributed by atoms with E-state index in [2.05, 4.69) is 38.1 Å². The number of thiazole rings is 1. The van der Waals surface area contributed by atoms with Gasteiger partial charge in [-0.05, 0) is 32.6 Å². The Bertz CT molecular complexity index is 323. The number of rotatable bonds is 8. The summed E-state index contributed by atoms with van der Waals surface area (Å²) < 4.78 is 0. The first-order valence-electron chi connectivity index (χ1n) is 7.01. The Balaban J connectivity index is 2.69. The minimum Gasteiger partial charge on any atom is -0.271 e. The van der Waals surface area contributed by atoms with Crippen molar-refractivity contribution in [1.82, 2.24) is 10.4 Å². The van der Waals surface area contributed by atoms with Crippen molar-refractivity contribution < 1.29 is 0 Å². The highest BCUT2D eigenvalue weighted by Crippen LogP contribution is 2.23. The van der Waals surface area contributed by atoms with E-state index in [-0.39, 0.29) is 0 Å². The summed E-state index contributed by atoms with van der Waals surface area (Å²) in [5, 5.41) is 1.21. The predicted molar refractivity (Wildman–Crippen MR) is 79.7 cm³/mol. The lowest BCUT2D eigenvalue weighted by Gasteiger charge is -2.25. The van der Waals surface area contributed by atoms with Gasteiger partial charge in [0, 0.05) is 17.3 Å². The van der Waals surface area contributed by atoms with E-state index in [1.165, 1.54) is 35.6 Å². The van der Waals surface area contributed by atoms with Crippen molar-refractivity contribution in [2.45, 2.75) is 65.8 Å². The third-order valence-electron chi connectivity index (χ3n) is 3.57. The zero-order valence-electron chi connectivity index (χ0n) is 12.1. The van der Waals surface area contributed by atoms with Gasteiger partial charge in [-0.15, -0.1) is 11.3 Å². The molecule has 3 N–H and O–H groups in total. The molecule has 1 heterocycles. The third-order valence-corrected chi connectivity index (χ3v) is 4.66. The van der Waals surface area contributed by atoms with E-state index < -0.39 is 0 Å². The number of nitrogens with two attached hydrogens (primary N) is 1. The van der Waals surface area contributed by atoms with Crippen molar-refractivity contribution in [2.24, 2.45) is 11.8 Å². The molecule has 1 rings (SSSR count). The molecule has 1 aromatic rings. The molecule has 0 bridgehead atoms. The number of hydrogen-bond acceptors (Lipinski definition) is 4. The Labute approximate surface area is 115 Å². The van der Waals surface area contributed by atoms with Crippen LogP contribution in [0, 0.1) is 19.8 Å². The van der Waals surface area contributed by atoms with Gasteiger partial charge in [-0.3, -0.25) is 11.3 Å². The third kappa shape index (κ3) is 4.34.